The second-order valence-corrected chi connectivity index (χ2v) is 8.50. The molecule has 0 aromatic carbocycles. The highest BCUT2D eigenvalue weighted by Crippen LogP contribution is 2.29. The second kappa shape index (κ2) is 15.6. The number of nitrogen functional groups attached to an aromatic ring is 1. The van der Waals surface area contributed by atoms with E-state index in [0.717, 1.165) is 29.9 Å². The van der Waals surface area contributed by atoms with Crippen molar-refractivity contribution in [1.29, 1.82) is 0 Å². The summed E-state index contributed by atoms with van der Waals surface area (Å²) in [6.45, 7) is 9.12. The number of pyridine rings is 4. The molecule has 6 aromatic rings. The first kappa shape index (κ1) is 29.0. The van der Waals surface area contributed by atoms with Crippen LogP contribution in [0.4, 0.5) is 5.69 Å². The minimum atomic E-state index is 0.398. The molecule has 6 rings (SSSR count). The van der Waals surface area contributed by atoms with E-state index in [4.69, 9.17) is 12.3 Å². The van der Waals surface area contributed by atoms with Crippen molar-refractivity contribution in [2.24, 2.45) is 0 Å². The van der Waals surface area contributed by atoms with E-state index >= 15 is 0 Å². The number of unbranched alkanes of at least 4 members (excludes halogenated alkanes) is 1. The highest BCUT2D eigenvalue weighted by Gasteiger charge is 2.14. The number of hydrogen-bond donors (Lipinski definition) is 2. The van der Waals surface area contributed by atoms with Crippen molar-refractivity contribution in [3.8, 4) is 45.8 Å². The Kier molecular flexibility index (Phi) is 10.8. The van der Waals surface area contributed by atoms with E-state index in [1.165, 1.54) is 0 Å². The van der Waals surface area contributed by atoms with E-state index in [0.29, 0.717) is 41.0 Å². The maximum absolute atomic E-state index is 6.33. The third-order valence-corrected chi connectivity index (χ3v) is 5.52. The molecule has 3 N–H and O–H groups in total. The van der Waals surface area contributed by atoms with Gasteiger partial charge >= 0.3 is 0 Å². The van der Waals surface area contributed by atoms with Crippen LogP contribution in [0.25, 0.3) is 50.7 Å². The van der Waals surface area contributed by atoms with E-state index in [-0.39, 0.29) is 0 Å². The SMILES string of the molecule is Nc1c(-c2ccccn2)n[nH]c1-c1ccccn1.[C-]#[N+]CCCC.c1ccc(-c2nnc(-c3ccccn3)nn2)nc1. The maximum Gasteiger partial charge on any atom is 0.221 e. The molecule has 12 heteroatoms. The molecule has 42 heavy (non-hydrogen) atoms. The lowest BCUT2D eigenvalue weighted by molar-refractivity contribution is 0.859. The summed E-state index contributed by atoms with van der Waals surface area (Å²) in [5, 5.41) is 23.1. The third-order valence-electron chi connectivity index (χ3n) is 5.52. The van der Waals surface area contributed by atoms with E-state index in [1.807, 2.05) is 60.7 Å². The highest BCUT2D eigenvalue weighted by molar-refractivity contribution is 5.82. The van der Waals surface area contributed by atoms with Gasteiger partial charge in [-0.05, 0) is 55.0 Å². The molecule has 0 aliphatic rings. The number of aromatic nitrogens is 10. The number of nitrogens with one attached hydrogen (secondary N) is 1. The van der Waals surface area contributed by atoms with Crippen molar-refractivity contribution in [3.63, 3.8) is 0 Å². The summed E-state index contributed by atoms with van der Waals surface area (Å²) in [4.78, 5) is 19.9. The summed E-state index contributed by atoms with van der Waals surface area (Å²) in [7, 11) is 0. The number of H-pyrrole nitrogens is 1. The zero-order chi connectivity index (χ0) is 29.4. The van der Waals surface area contributed by atoms with Crippen molar-refractivity contribution in [2.75, 3.05) is 12.3 Å². The van der Waals surface area contributed by atoms with E-state index in [1.54, 1.807) is 36.9 Å². The summed E-state index contributed by atoms with van der Waals surface area (Å²) >= 11 is 0. The maximum atomic E-state index is 6.33. The van der Waals surface area contributed by atoms with Gasteiger partial charge in [0.2, 0.25) is 18.2 Å². The molecule has 0 fully saturated rings. The van der Waals surface area contributed by atoms with Gasteiger partial charge in [-0.25, -0.2) is 6.57 Å². The van der Waals surface area contributed by atoms with Gasteiger partial charge in [0.1, 0.15) is 22.8 Å². The molecule has 0 atom stereocenters. The summed E-state index contributed by atoms with van der Waals surface area (Å²) in [6, 6.07) is 22.2. The number of nitrogens with zero attached hydrogens (tertiary/aromatic N) is 10. The van der Waals surface area contributed by atoms with Crippen molar-refractivity contribution >= 4 is 5.69 Å². The van der Waals surface area contributed by atoms with Crippen LogP contribution in [-0.2, 0) is 0 Å². The zero-order valence-corrected chi connectivity index (χ0v) is 22.9. The number of rotatable bonds is 6. The molecular weight excluding hydrogens is 528 g/mol. The quantitative estimate of drug-likeness (QED) is 0.206. The predicted octanol–water partition coefficient (Wildman–Crippen LogP) is 5.21. The summed E-state index contributed by atoms with van der Waals surface area (Å²) in [6.07, 6.45) is 8.97. The summed E-state index contributed by atoms with van der Waals surface area (Å²) in [5.41, 5.74) is 10.8. The summed E-state index contributed by atoms with van der Waals surface area (Å²) in [5.74, 6) is 0.797. The topological polar surface area (TPSA) is 162 Å². The lowest BCUT2D eigenvalue weighted by Gasteiger charge is -1.99. The molecule has 0 aliphatic carbocycles. The molecule has 0 aliphatic heterocycles. The van der Waals surface area contributed by atoms with E-state index in [2.05, 4.69) is 62.3 Å². The van der Waals surface area contributed by atoms with Gasteiger partial charge in [-0.3, -0.25) is 25.0 Å². The zero-order valence-electron chi connectivity index (χ0n) is 22.9. The first-order chi connectivity index (χ1) is 20.7. The van der Waals surface area contributed by atoms with Gasteiger partial charge in [-0.15, -0.1) is 20.4 Å². The Labute approximate surface area is 243 Å². The largest absolute Gasteiger partial charge is 0.395 e. The normalized spacial score (nSPS) is 9.90. The van der Waals surface area contributed by atoms with Crippen LogP contribution in [0.15, 0.2) is 97.6 Å². The number of nitrogens with two attached hydrogens (primary N) is 1. The molecule has 6 heterocycles. The fraction of sp³-hybridized carbons (Fsp3) is 0.133. The molecule has 12 nitrogen and oxygen atoms in total. The average molecular weight is 557 g/mol. The molecular formula is C30H28N12. The van der Waals surface area contributed by atoms with E-state index in [9.17, 15) is 0 Å². The smallest absolute Gasteiger partial charge is 0.221 e. The minimum Gasteiger partial charge on any atom is -0.395 e. The number of aromatic amines is 1. The Bertz CT molecular complexity index is 1540. The van der Waals surface area contributed by atoms with Crippen LogP contribution in [0.5, 0.6) is 0 Å². The van der Waals surface area contributed by atoms with Crippen LogP contribution in [0.2, 0.25) is 0 Å². The number of anilines is 1. The fourth-order valence-electron chi connectivity index (χ4n) is 3.42. The summed E-state index contributed by atoms with van der Waals surface area (Å²) < 4.78 is 0. The predicted molar refractivity (Wildman–Crippen MR) is 160 cm³/mol. The first-order valence-electron chi connectivity index (χ1n) is 13.1. The second-order valence-electron chi connectivity index (χ2n) is 8.50. The van der Waals surface area contributed by atoms with E-state index < -0.39 is 0 Å². The molecule has 0 unspecified atom stereocenters. The van der Waals surface area contributed by atoms with Gasteiger partial charge < -0.3 is 10.6 Å². The van der Waals surface area contributed by atoms with Crippen LogP contribution in [0, 0.1) is 6.57 Å². The molecule has 208 valence electrons. The molecule has 6 aromatic heterocycles. The van der Waals surface area contributed by atoms with Crippen LogP contribution in [0.3, 0.4) is 0 Å². The molecule has 0 spiro atoms. The van der Waals surface area contributed by atoms with Crippen LogP contribution in [0.1, 0.15) is 19.8 Å². The molecule has 0 saturated carbocycles. The van der Waals surface area contributed by atoms with Crippen molar-refractivity contribution in [1.82, 2.24) is 50.5 Å². The van der Waals surface area contributed by atoms with Gasteiger partial charge in [-0.1, -0.05) is 31.2 Å². The highest BCUT2D eigenvalue weighted by atomic mass is 15.3. The van der Waals surface area contributed by atoms with Crippen LogP contribution in [-0.4, -0.2) is 57.1 Å². The molecule has 0 bridgehead atoms. The van der Waals surface area contributed by atoms with Gasteiger partial charge in [0.15, 0.2) is 0 Å². The van der Waals surface area contributed by atoms with Crippen LogP contribution < -0.4 is 5.73 Å². The Balaban J connectivity index is 0.000000162. The first-order valence-corrected chi connectivity index (χ1v) is 13.1. The molecule has 0 radical (unpaired) electrons. The standard InChI is InChI=1S/C13H11N5.C12H8N6.C5H9N/c14-11-12(9-5-1-3-7-15-9)17-18-13(11)10-6-2-4-8-16-10;1-3-7-13-9(5-1)11-15-17-12(18-16-11)10-6-2-4-8-14-10;1-3-4-5-6-2/h1-8H,14H2,(H,17,18);1-8H;3-5H2,1H3. The fourth-order valence-corrected chi connectivity index (χ4v) is 3.42. The van der Waals surface area contributed by atoms with Gasteiger partial charge in [0.05, 0.1) is 17.1 Å². The van der Waals surface area contributed by atoms with Crippen LogP contribution >= 0.6 is 0 Å². The van der Waals surface area contributed by atoms with Gasteiger partial charge in [-0.2, -0.15) is 5.10 Å². The minimum absolute atomic E-state index is 0.398. The Morgan fingerprint density at radius 2 is 1.12 bits per heavy atom. The monoisotopic (exact) mass is 556 g/mol. The van der Waals surface area contributed by atoms with Gasteiger partial charge in [0, 0.05) is 31.2 Å². The van der Waals surface area contributed by atoms with Gasteiger partial charge in [0.25, 0.3) is 0 Å². The molecule has 0 saturated heterocycles. The Morgan fingerprint density at radius 1 is 0.667 bits per heavy atom. The molecule has 0 amide bonds. The third kappa shape index (κ3) is 8.03. The van der Waals surface area contributed by atoms with Crippen molar-refractivity contribution < 1.29 is 0 Å². The van der Waals surface area contributed by atoms with Crippen molar-refractivity contribution in [3.05, 3.63) is 109 Å². The Hall–Kier alpha value is -5.96. The average Bonchev–Trinajstić information content (AvgIpc) is 3.47. The number of hydrogen-bond acceptors (Lipinski definition) is 10. The van der Waals surface area contributed by atoms with Crippen molar-refractivity contribution in [2.45, 2.75) is 19.8 Å². The lowest BCUT2D eigenvalue weighted by Crippen LogP contribution is -2.00. The Morgan fingerprint density at radius 3 is 1.50 bits per heavy atom. The lowest BCUT2D eigenvalue weighted by atomic mass is 10.2.